The van der Waals surface area contributed by atoms with Crippen molar-refractivity contribution in [3.05, 3.63) is 22.3 Å². The van der Waals surface area contributed by atoms with E-state index in [-0.39, 0.29) is 16.7 Å². The fourth-order valence-electron chi connectivity index (χ4n) is 2.86. The summed E-state index contributed by atoms with van der Waals surface area (Å²) in [7, 11) is 0. The number of carbonyl (C=O) groups is 2. The van der Waals surface area contributed by atoms with Crippen molar-refractivity contribution in [2.75, 3.05) is 0 Å². The summed E-state index contributed by atoms with van der Waals surface area (Å²) in [4.78, 5) is 23.1. The molecule has 1 N–H and O–H groups in total. The summed E-state index contributed by atoms with van der Waals surface area (Å²) in [5, 5.41) is 10.5. The Bertz CT molecular complexity index is 614. The molecule has 0 heterocycles. The molecule has 1 rings (SSSR count). The maximum absolute atomic E-state index is 11.6. The van der Waals surface area contributed by atoms with Crippen molar-refractivity contribution in [2.24, 2.45) is 0 Å². The highest BCUT2D eigenvalue weighted by molar-refractivity contribution is 5.87. The average molecular weight is 306 g/mol. The quantitative estimate of drug-likeness (QED) is 0.509. The van der Waals surface area contributed by atoms with Crippen LogP contribution < -0.4 is 4.74 Å². The maximum atomic E-state index is 11.6. The van der Waals surface area contributed by atoms with Gasteiger partial charge in [0.25, 0.3) is 0 Å². The zero-order valence-corrected chi connectivity index (χ0v) is 14.7. The molecule has 0 atom stereocenters. The minimum Gasteiger partial charge on any atom is -0.507 e. The topological polar surface area (TPSA) is 63.6 Å². The molecule has 0 radical (unpaired) electrons. The molecular weight excluding hydrogens is 280 g/mol. The summed E-state index contributed by atoms with van der Waals surface area (Å²) in [6, 6.07) is 0. The first kappa shape index (κ1) is 18.2. The van der Waals surface area contributed by atoms with Crippen LogP contribution in [0.15, 0.2) is 0 Å². The number of esters is 1. The molecule has 122 valence electrons. The molecule has 0 aliphatic rings. The lowest BCUT2D eigenvalue weighted by Crippen LogP contribution is -2.24. The van der Waals surface area contributed by atoms with Crippen molar-refractivity contribution < 1.29 is 19.4 Å². The van der Waals surface area contributed by atoms with Gasteiger partial charge in [0.05, 0.1) is 5.56 Å². The highest BCUT2D eigenvalue weighted by Crippen LogP contribution is 2.47. The van der Waals surface area contributed by atoms with Crippen molar-refractivity contribution >= 4 is 12.3 Å². The van der Waals surface area contributed by atoms with Gasteiger partial charge in [0, 0.05) is 18.1 Å². The lowest BCUT2D eigenvalue weighted by Gasteiger charge is -2.32. The Morgan fingerprint density at radius 1 is 1.05 bits per heavy atom. The highest BCUT2D eigenvalue weighted by Gasteiger charge is 2.34. The molecule has 22 heavy (non-hydrogen) atoms. The van der Waals surface area contributed by atoms with Gasteiger partial charge in [-0.2, -0.15) is 0 Å². The molecular formula is C18H26O4. The number of aldehydes is 1. The van der Waals surface area contributed by atoms with Crippen molar-refractivity contribution in [3.8, 4) is 11.5 Å². The fourth-order valence-corrected chi connectivity index (χ4v) is 2.86. The van der Waals surface area contributed by atoms with Crippen molar-refractivity contribution in [1.82, 2.24) is 0 Å². The van der Waals surface area contributed by atoms with Crippen molar-refractivity contribution in [3.63, 3.8) is 0 Å². The van der Waals surface area contributed by atoms with Gasteiger partial charge in [-0.05, 0) is 23.3 Å². The molecule has 0 aromatic heterocycles. The smallest absolute Gasteiger partial charge is 0.308 e. The van der Waals surface area contributed by atoms with Crippen LogP contribution in [0.2, 0.25) is 0 Å². The molecule has 0 spiro atoms. The van der Waals surface area contributed by atoms with Crippen LogP contribution in [-0.4, -0.2) is 17.4 Å². The molecule has 1 aromatic rings. The summed E-state index contributed by atoms with van der Waals surface area (Å²) >= 11 is 0. The second kappa shape index (κ2) is 5.75. The van der Waals surface area contributed by atoms with E-state index in [0.717, 1.165) is 5.56 Å². The molecule has 0 saturated heterocycles. The minimum atomic E-state index is -0.466. The van der Waals surface area contributed by atoms with E-state index in [9.17, 15) is 14.7 Å². The first-order valence-electron chi connectivity index (χ1n) is 7.36. The van der Waals surface area contributed by atoms with E-state index >= 15 is 0 Å². The maximum Gasteiger partial charge on any atom is 0.308 e. The summed E-state index contributed by atoms with van der Waals surface area (Å²) in [6.07, 6.45) is 0.627. The predicted molar refractivity (Wildman–Crippen MR) is 86.9 cm³/mol. The Hall–Kier alpha value is -1.84. The number of ether oxygens (including phenoxy) is 1. The Balaban J connectivity index is 4.06. The Morgan fingerprint density at radius 3 is 1.82 bits per heavy atom. The van der Waals surface area contributed by atoms with Crippen LogP contribution in [0, 0.1) is 6.92 Å². The zero-order chi connectivity index (χ0) is 17.5. The first-order valence-corrected chi connectivity index (χ1v) is 7.36. The molecule has 0 bridgehead atoms. The van der Waals surface area contributed by atoms with Gasteiger partial charge < -0.3 is 9.84 Å². The van der Waals surface area contributed by atoms with E-state index in [4.69, 9.17) is 4.74 Å². The lowest BCUT2D eigenvalue weighted by molar-refractivity contribution is -0.132. The van der Waals surface area contributed by atoms with Crippen LogP contribution in [0.5, 0.6) is 11.5 Å². The second-order valence-corrected chi connectivity index (χ2v) is 7.68. The lowest BCUT2D eigenvalue weighted by atomic mass is 9.75. The van der Waals surface area contributed by atoms with Gasteiger partial charge in [0.1, 0.15) is 11.5 Å². The van der Waals surface area contributed by atoms with E-state index in [1.54, 1.807) is 6.92 Å². The van der Waals surface area contributed by atoms with Crippen molar-refractivity contribution in [2.45, 2.75) is 66.2 Å². The number of hydrogen-bond acceptors (Lipinski definition) is 4. The van der Waals surface area contributed by atoms with Gasteiger partial charge in [0.2, 0.25) is 0 Å². The third kappa shape index (κ3) is 3.32. The molecule has 0 aliphatic carbocycles. The number of hydrogen-bond donors (Lipinski definition) is 1. The highest BCUT2D eigenvalue weighted by atomic mass is 16.5. The Morgan fingerprint density at radius 2 is 1.50 bits per heavy atom. The monoisotopic (exact) mass is 306 g/mol. The van der Waals surface area contributed by atoms with Crippen LogP contribution in [0.4, 0.5) is 0 Å². The van der Waals surface area contributed by atoms with Crippen LogP contribution >= 0.6 is 0 Å². The van der Waals surface area contributed by atoms with E-state index in [1.165, 1.54) is 6.92 Å². The largest absolute Gasteiger partial charge is 0.507 e. The average Bonchev–Trinajstić information content (AvgIpc) is 2.29. The Kier molecular flexibility index (Phi) is 4.76. The number of phenolic OH excluding ortho intramolecular Hbond substituents is 1. The van der Waals surface area contributed by atoms with E-state index in [1.807, 2.05) is 41.5 Å². The summed E-state index contributed by atoms with van der Waals surface area (Å²) in [5.74, 6) is -0.0939. The van der Waals surface area contributed by atoms with E-state index < -0.39 is 11.4 Å². The van der Waals surface area contributed by atoms with Gasteiger partial charge in [-0.3, -0.25) is 9.59 Å². The van der Waals surface area contributed by atoms with Gasteiger partial charge in [0.15, 0.2) is 6.29 Å². The molecule has 1 aromatic carbocycles. The van der Waals surface area contributed by atoms with Crippen molar-refractivity contribution in [1.29, 1.82) is 0 Å². The number of phenols is 1. The zero-order valence-electron chi connectivity index (χ0n) is 14.7. The molecule has 0 amide bonds. The van der Waals surface area contributed by atoms with Crippen LogP contribution in [0.1, 0.15) is 75.5 Å². The van der Waals surface area contributed by atoms with Crippen LogP contribution in [0.3, 0.4) is 0 Å². The van der Waals surface area contributed by atoms with Gasteiger partial charge in [-0.25, -0.2) is 0 Å². The number of rotatable bonds is 2. The number of carbonyl (C=O) groups excluding carboxylic acids is 2. The first-order chi connectivity index (χ1) is 9.82. The van der Waals surface area contributed by atoms with E-state index in [0.29, 0.717) is 23.2 Å². The summed E-state index contributed by atoms with van der Waals surface area (Å²) in [6.45, 7) is 14.8. The third-order valence-electron chi connectivity index (χ3n) is 3.57. The van der Waals surface area contributed by atoms with Gasteiger partial charge in [-0.15, -0.1) is 0 Å². The summed E-state index contributed by atoms with van der Waals surface area (Å²) in [5.41, 5.74) is 1.24. The van der Waals surface area contributed by atoms with E-state index in [2.05, 4.69) is 0 Å². The molecule has 4 heteroatoms. The summed E-state index contributed by atoms with van der Waals surface area (Å²) < 4.78 is 5.50. The standard InChI is InChI=1S/C18H26O4/c1-10-13(17(3,4)5)16(22-11(2)20)14(18(6,7)8)12(9-19)15(10)21/h9,21H,1-8H3. The number of aromatic hydroxyl groups is 1. The second-order valence-electron chi connectivity index (χ2n) is 7.68. The van der Waals surface area contributed by atoms with Gasteiger partial charge in [-0.1, -0.05) is 41.5 Å². The molecule has 0 fully saturated rings. The van der Waals surface area contributed by atoms with Crippen LogP contribution in [-0.2, 0) is 15.6 Å². The normalized spacial score (nSPS) is 12.2. The van der Waals surface area contributed by atoms with Gasteiger partial charge >= 0.3 is 5.97 Å². The minimum absolute atomic E-state index is 0.0410. The molecule has 0 aliphatic heterocycles. The molecule has 0 unspecified atom stereocenters. The SMILES string of the molecule is CC(=O)Oc1c(C(C)(C)C)c(C)c(O)c(C=O)c1C(C)(C)C. The Labute approximate surface area is 132 Å². The molecule has 0 saturated carbocycles. The number of benzene rings is 1. The third-order valence-corrected chi connectivity index (χ3v) is 3.57. The fraction of sp³-hybridized carbons (Fsp3) is 0.556. The molecule has 4 nitrogen and oxygen atoms in total. The predicted octanol–water partition coefficient (Wildman–Crippen LogP) is 4.03. The van der Waals surface area contributed by atoms with Crippen LogP contribution in [0.25, 0.3) is 0 Å².